The third kappa shape index (κ3) is 1.77. The smallest absolute Gasteiger partial charge is 0.140 e. The summed E-state index contributed by atoms with van der Waals surface area (Å²) in [4.78, 5) is 0. The van der Waals surface area contributed by atoms with Crippen molar-refractivity contribution in [2.75, 3.05) is 0 Å². The van der Waals surface area contributed by atoms with Gasteiger partial charge in [-0.3, -0.25) is 0 Å². The van der Waals surface area contributed by atoms with Gasteiger partial charge in [0, 0.05) is 0 Å². The van der Waals surface area contributed by atoms with E-state index >= 15 is 0 Å². The maximum absolute atomic E-state index is 13.0. The minimum Gasteiger partial charge on any atom is -0.207 e. The minimum atomic E-state index is -0.407. The van der Waals surface area contributed by atoms with Crippen molar-refractivity contribution in [3.63, 3.8) is 0 Å². The summed E-state index contributed by atoms with van der Waals surface area (Å²) in [6.07, 6.45) is 0.502. The third-order valence-corrected chi connectivity index (χ3v) is 2.03. The second-order valence-corrected chi connectivity index (χ2v) is 3.07. The summed E-state index contributed by atoms with van der Waals surface area (Å²) >= 11 is 2.92. The van der Waals surface area contributed by atoms with Gasteiger partial charge in [-0.05, 0) is 40.0 Å². The average molecular weight is 221 g/mol. The van der Waals surface area contributed by atoms with E-state index in [9.17, 15) is 8.78 Å². The Kier molecular flexibility index (Phi) is 2.60. The van der Waals surface area contributed by atoms with Crippen LogP contribution in [-0.4, -0.2) is 0 Å². The quantitative estimate of drug-likeness (QED) is 0.638. The van der Waals surface area contributed by atoms with E-state index in [0.29, 0.717) is 12.0 Å². The highest BCUT2D eigenvalue weighted by Gasteiger charge is 2.06. The molecule has 0 aliphatic carbocycles. The van der Waals surface area contributed by atoms with Crippen molar-refractivity contribution in [1.82, 2.24) is 0 Å². The molecule has 0 aliphatic heterocycles. The second kappa shape index (κ2) is 3.30. The Morgan fingerprint density at radius 2 is 2.00 bits per heavy atom. The molecule has 0 saturated heterocycles. The van der Waals surface area contributed by atoms with E-state index in [0.717, 1.165) is 6.07 Å². The van der Waals surface area contributed by atoms with E-state index in [2.05, 4.69) is 15.9 Å². The number of halogens is 3. The van der Waals surface area contributed by atoms with Gasteiger partial charge in [-0.1, -0.05) is 6.92 Å². The van der Waals surface area contributed by atoms with Crippen molar-refractivity contribution < 1.29 is 8.78 Å². The predicted octanol–water partition coefficient (Wildman–Crippen LogP) is 3.29. The molecule has 0 atom stereocenters. The highest BCUT2D eigenvalue weighted by molar-refractivity contribution is 9.10. The maximum Gasteiger partial charge on any atom is 0.140 e. The molecule has 0 saturated carbocycles. The molecule has 3 heteroatoms. The number of rotatable bonds is 1. The summed E-state index contributed by atoms with van der Waals surface area (Å²) in [6, 6.07) is 2.33. The molecule has 1 rings (SSSR count). The molecule has 0 nitrogen and oxygen atoms in total. The second-order valence-electron chi connectivity index (χ2n) is 2.21. The van der Waals surface area contributed by atoms with Gasteiger partial charge >= 0.3 is 0 Å². The Morgan fingerprint density at radius 1 is 1.36 bits per heavy atom. The summed E-state index contributed by atoms with van der Waals surface area (Å²) < 4.78 is 25.8. The summed E-state index contributed by atoms with van der Waals surface area (Å²) in [6.45, 7) is 1.78. The van der Waals surface area contributed by atoms with Crippen molar-refractivity contribution in [3.8, 4) is 0 Å². The standard InChI is InChI=1S/C8H7BrF2/c1-2-5-3-6(10)4-7(9)8(5)11/h3-4H,2H2,1H3. The lowest BCUT2D eigenvalue weighted by atomic mass is 10.1. The highest BCUT2D eigenvalue weighted by atomic mass is 79.9. The molecule has 60 valence electrons. The van der Waals surface area contributed by atoms with E-state index in [-0.39, 0.29) is 10.3 Å². The molecule has 0 spiro atoms. The van der Waals surface area contributed by atoms with Crippen LogP contribution in [0, 0.1) is 11.6 Å². The molecule has 11 heavy (non-hydrogen) atoms. The predicted molar refractivity (Wildman–Crippen MR) is 43.4 cm³/mol. The lowest BCUT2D eigenvalue weighted by molar-refractivity contribution is 0.581. The van der Waals surface area contributed by atoms with Crippen LogP contribution in [0.4, 0.5) is 8.78 Å². The van der Waals surface area contributed by atoms with Gasteiger partial charge in [-0.15, -0.1) is 0 Å². The van der Waals surface area contributed by atoms with Crippen LogP contribution in [-0.2, 0) is 6.42 Å². The van der Waals surface area contributed by atoms with Gasteiger partial charge in [-0.2, -0.15) is 0 Å². The molecule has 0 fully saturated rings. The molecule has 0 amide bonds. The van der Waals surface area contributed by atoms with Gasteiger partial charge in [0.1, 0.15) is 11.6 Å². The van der Waals surface area contributed by atoms with Crippen LogP contribution < -0.4 is 0 Å². The number of benzene rings is 1. The highest BCUT2D eigenvalue weighted by Crippen LogP contribution is 2.20. The fraction of sp³-hybridized carbons (Fsp3) is 0.250. The average Bonchev–Trinajstić information content (AvgIpc) is 1.96. The van der Waals surface area contributed by atoms with E-state index < -0.39 is 5.82 Å². The zero-order chi connectivity index (χ0) is 8.43. The minimum absolute atomic E-state index is 0.189. The third-order valence-electron chi connectivity index (χ3n) is 1.45. The Labute approximate surface area is 72.4 Å². The van der Waals surface area contributed by atoms with Gasteiger partial charge < -0.3 is 0 Å². The summed E-state index contributed by atoms with van der Waals surface area (Å²) in [7, 11) is 0. The molecule has 0 bridgehead atoms. The van der Waals surface area contributed by atoms with E-state index in [1.165, 1.54) is 6.07 Å². The number of hydrogen-bond acceptors (Lipinski definition) is 0. The Hall–Kier alpha value is -0.440. The lowest BCUT2D eigenvalue weighted by Gasteiger charge is -2.00. The zero-order valence-electron chi connectivity index (χ0n) is 6.00. The van der Waals surface area contributed by atoms with Crippen molar-refractivity contribution in [3.05, 3.63) is 33.8 Å². The molecule has 0 N–H and O–H groups in total. The molecular weight excluding hydrogens is 214 g/mol. The molecule has 0 heterocycles. The number of aryl methyl sites for hydroxylation is 1. The van der Waals surface area contributed by atoms with Crippen molar-refractivity contribution >= 4 is 15.9 Å². The van der Waals surface area contributed by atoms with Gasteiger partial charge in [-0.25, -0.2) is 8.78 Å². The normalized spacial score (nSPS) is 10.2. The van der Waals surface area contributed by atoms with Crippen LogP contribution in [0.1, 0.15) is 12.5 Å². The fourth-order valence-electron chi connectivity index (χ4n) is 0.867. The lowest BCUT2D eigenvalue weighted by Crippen LogP contribution is -1.90. The van der Waals surface area contributed by atoms with Crippen LogP contribution in [0.15, 0.2) is 16.6 Å². The molecule has 0 aliphatic rings. The van der Waals surface area contributed by atoms with Crippen LogP contribution in [0.3, 0.4) is 0 Å². The van der Waals surface area contributed by atoms with Gasteiger partial charge in [0.25, 0.3) is 0 Å². The first-order chi connectivity index (χ1) is 5.15. The SMILES string of the molecule is CCc1cc(F)cc(Br)c1F. The maximum atomic E-state index is 13.0. The van der Waals surface area contributed by atoms with Gasteiger partial charge in [0.2, 0.25) is 0 Å². The van der Waals surface area contributed by atoms with Crippen molar-refractivity contribution in [2.45, 2.75) is 13.3 Å². The monoisotopic (exact) mass is 220 g/mol. The molecular formula is C8H7BrF2. The van der Waals surface area contributed by atoms with Crippen LogP contribution >= 0.6 is 15.9 Å². The first kappa shape index (κ1) is 8.65. The molecule has 1 aromatic carbocycles. The Bertz CT molecular complexity index is 271. The molecule has 0 radical (unpaired) electrons. The fourth-order valence-corrected chi connectivity index (χ4v) is 1.34. The Morgan fingerprint density at radius 3 is 2.55 bits per heavy atom. The van der Waals surface area contributed by atoms with Gasteiger partial charge in [0.15, 0.2) is 0 Å². The van der Waals surface area contributed by atoms with Crippen molar-refractivity contribution in [1.29, 1.82) is 0 Å². The topological polar surface area (TPSA) is 0 Å². The first-order valence-electron chi connectivity index (χ1n) is 3.28. The molecule has 1 aromatic rings. The molecule has 0 aromatic heterocycles. The summed E-state index contributed by atoms with van der Waals surface area (Å²) in [5.41, 5.74) is 0.400. The van der Waals surface area contributed by atoms with E-state index in [4.69, 9.17) is 0 Å². The van der Waals surface area contributed by atoms with Gasteiger partial charge in [0.05, 0.1) is 4.47 Å². The largest absolute Gasteiger partial charge is 0.207 e. The van der Waals surface area contributed by atoms with Crippen LogP contribution in [0.2, 0.25) is 0 Å². The number of hydrogen-bond donors (Lipinski definition) is 0. The van der Waals surface area contributed by atoms with E-state index in [1.54, 1.807) is 6.92 Å². The van der Waals surface area contributed by atoms with E-state index in [1.807, 2.05) is 0 Å². The van der Waals surface area contributed by atoms with Crippen LogP contribution in [0.5, 0.6) is 0 Å². The summed E-state index contributed by atoms with van der Waals surface area (Å²) in [5, 5.41) is 0. The van der Waals surface area contributed by atoms with Crippen LogP contribution in [0.25, 0.3) is 0 Å². The zero-order valence-corrected chi connectivity index (χ0v) is 7.58. The Balaban J connectivity index is 3.24. The van der Waals surface area contributed by atoms with Crippen molar-refractivity contribution in [2.24, 2.45) is 0 Å². The first-order valence-corrected chi connectivity index (χ1v) is 4.08. The molecule has 0 unspecified atom stereocenters. The summed E-state index contributed by atoms with van der Waals surface area (Å²) in [5.74, 6) is -0.774.